The molecule has 0 N–H and O–H groups in total. The van der Waals surface area contributed by atoms with Crippen molar-refractivity contribution in [3.63, 3.8) is 0 Å². The molecule has 0 amide bonds. The lowest BCUT2D eigenvalue weighted by Crippen LogP contribution is -2.03. The highest BCUT2D eigenvalue weighted by atomic mass is 32.1. The van der Waals surface area contributed by atoms with Crippen molar-refractivity contribution in [3.05, 3.63) is 35.9 Å². The van der Waals surface area contributed by atoms with Crippen LogP contribution < -0.4 is 0 Å². The highest BCUT2D eigenvalue weighted by Gasteiger charge is 2.27. The SMILES string of the molecule is S=C(OCc1ccccc1)C1CC1. The third-order valence-corrected chi connectivity index (χ3v) is 2.59. The van der Waals surface area contributed by atoms with Gasteiger partial charge in [-0.1, -0.05) is 30.3 Å². The van der Waals surface area contributed by atoms with Crippen LogP contribution in [0.2, 0.25) is 0 Å². The predicted molar refractivity (Wildman–Crippen MR) is 56.6 cm³/mol. The Morgan fingerprint density at radius 2 is 2.00 bits per heavy atom. The van der Waals surface area contributed by atoms with E-state index in [1.165, 1.54) is 18.4 Å². The first-order valence-corrected chi connectivity index (χ1v) is 4.97. The molecular formula is C11H12OS. The lowest BCUT2D eigenvalue weighted by atomic mass is 10.2. The Bertz CT molecular complexity index is 290. The Balaban J connectivity index is 1.82. The Labute approximate surface area is 83.7 Å². The van der Waals surface area contributed by atoms with Gasteiger partial charge in [0.1, 0.15) is 6.61 Å². The quantitative estimate of drug-likeness (QED) is 0.681. The number of hydrogen-bond donors (Lipinski definition) is 0. The van der Waals surface area contributed by atoms with E-state index in [1.54, 1.807) is 0 Å². The van der Waals surface area contributed by atoms with Gasteiger partial charge in [-0.05, 0) is 30.6 Å². The topological polar surface area (TPSA) is 9.23 Å². The first-order chi connectivity index (χ1) is 6.36. The van der Waals surface area contributed by atoms with Gasteiger partial charge in [0, 0.05) is 5.92 Å². The van der Waals surface area contributed by atoms with Crippen molar-refractivity contribution in [2.45, 2.75) is 19.4 Å². The summed E-state index contributed by atoms with van der Waals surface area (Å²) in [6, 6.07) is 10.1. The second kappa shape index (κ2) is 3.88. The van der Waals surface area contributed by atoms with Crippen molar-refractivity contribution >= 4 is 17.3 Å². The van der Waals surface area contributed by atoms with Crippen LogP contribution in [-0.4, -0.2) is 5.05 Å². The van der Waals surface area contributed by atoms with Gasteiger partial charge < -0.3 is 4.74 Å². The summed E-state index contributed by atoms with van der Waals surface area (Å²) in [6.45, 7) is 0.621. The number of ether oxygens (including phenoxy) is 1. The van der Waals surface area contributed by atoms with Crippen LogP contribution in [0.1, 0.15) is 18.4 Å². The predicted octanol–water partition coefficient (Wildman–Crippen LogP) is 2.94. The van der Waals surface area contributed by atoms with E-state index in [2.05, 4.69) is 12.1 Å². The minimum atomic E-state index is 0.568. The minimum absolute atomic E-state index is 0.568. The molecule has 1 aliphatic carbocycles. The molecule has 0 spiro atoms. The zero-order valence-electron chi connectivity index (χ0n) is 7.40. The van der Waals surface area contributed by atoms with Crippen LogP contribution in [0.5, 0.6) is 0 Å². The van der Waals surface area contributed by atoms with Crippen LogP contribution in [0.25, 0.3) is 0 Å². The maximum Gasteiger partial charge on any atom is 0.163 e. The van der Waals surface area contributed by atoms with E-state index < -0.39 is 0 Å². The van der Waals surface area contributed by atoms with E-state index in [4.69, 9.17) is 17.0 Å². The van der Waals surface area contributed by atoms with Gasteiger partial charge >= 0.3 is 0 Å². The number of rotatable bonds is 3. The first kappa shape index (κ1) is 8.70. The Kier molecular flexibility index (Phi) is 2.60. The molecule has 1 aliphatic rings. The van der Waals surface area contributed by atoms with Crippen LogP contribution in [0.4, 0.5) is 0 Å². The summed E-state index contributed by atoms with van der Waals surface area (Å²) in [6.07, 6.45) is 2.43. The van der Waals surface area contributed by atoms with E-state index in [0.29, 0.717) is 12.5 Å². The monoisotopic (exact) mass is 192 g/mol. The molecule has 0 heterocycles. The van der Waals surface area contributed by atoms with Gasteiger partial charge in [-0.25, -0.2) is 0 Å². The summed E-state index contributed by atoms with van der Waals surface area (Å²) in [4.78, 5) is 0. The number of hydrogen-bond acceptors (Lipinski definition) is 2. The van der Waals surface area contributed by atoms with Gasteiger partial charge in [-0.15, -0.1) is 0 Å². The zero-order chi connectivity index (χ0) is 9.10. The summed E-state index contributed by atoms with van der Waals surface area (Å²) in [5.41, 5.74) is 1.19. The lowest BCUT2D eigenvalue weighted by molar-refractivity contribution is 0.290. The second-order valence-electron chi connectivity index (χ2n) is 3.37. The molecule has 68 valence electrons. The van der Waals surface area contributed by atoms with Gasteiger partial charge in [-0.3, -0.25) is 0 Å². The summed E-state index contributed by atoms with van der Waals surface area (Å²) >= 11 is 5.12. The molecule has 0 radical (unpaired) electrons. The molecule has 2 rings (SSSR count). The van der Waals surface area contributed by atoms with E-state index in [1.807, 2.05) is 18.2 Å². The van der Waals surface area contributed by atoms with Crippen LogP contribution >= 0.6 is 12.2 Å². The molecule has 1 nitrogen and oxygen atoms in total. The van der Waals surface area contributed by atoms with Crippen molar-refractivity contribution in [1.29, 1.82) is 0 Å². The normalized spacial score (nSPS) is 15.4. The maximum absolute atomic E-state index is 5.48. The van der Waals surface area contributed by atoms with Crippen LogP contribution in [-0.2, 0) is 11.3 Å². The summed E-state index contributed by atoms with van der Waals surface area (Å²) in [7, 11) is 0. The summed E-state index contributed by atoms with van der Waals surface area (Å²) in [5.74, 6) is 0.568. The first-order valence-electron chi connectivity index (χ1n) is 4.57. The van der Waals surface area contributed by atoms with Gasteiger partial charge in [0.25, 0.3) is 0 Å². The highest BCUT2D eigenvalue weighted by molar-refractivity contribution is 7.80. The van der Waals surface area contributed by atoms with E-state index in [-0.39, 0.29) is 0 Å². The average molecular weight is 192 g/mol. The van der Waals surface area contributed by atoms with Crippen molar-refractivity contribution in [1.82, 2.24) is 0 Å². The molecule has 13 heavy (non-hydrogen) atoms. The Hall–Kier alpha value is -0.890. The van der Waals surface area contributed by atoms with Crippen molar-refractivity contribution < 1.29 is 4.74 Å². The van der Waals surface area contributed by atoms with Gasteiger partial charge in [0.05, 0.1) is 0 Å². The number of benzene rings is 1. The molecule has 0 atom stereocenters. The van der Waals surface area contributed by atoms with Crippen LogP contribution in [0, 0.1) is 5.92 Å². The fourth-order valence-corrected chi connectivity index (χ4v) is 1.46. The van der Waals surface area contributed by atoms with Crippen molar-refractivity contribution in [2.24, 2.45) is 5.92 Å². The van der Waals surface area contributed by atoms with E-state index in [0.717, 1.165) is 5.05 Å². The van der Waals surface area contributed by atoms with Crippen LogP contribution in [0.3, 0.4) is 0 Å². The summed E-state index contributed by atoms with van der Waals surface area (Å²) in [5, 5.41) is 0.795. The van der Waals surface area contributed by atoms with Crippen molar-refractivity contribution in [2.75, 3.05) is 0 Å². The fraction of sp³-hybridized carbons (Fsp3) is 0.364. The Morgan fingerprint density at radius 3 is 2.62 bits per heavy atom. The minimum Gasteiger partial charge on any atom is -0.482 e. The third-order valence-electron chi connectivity index (χ3n) is 2.13. The van der Waals surface area contributed by atoms with Gasteiger partial charge in [0.15, 0.2) is 5.05 Å². The Morgan fingerprint density at radius 1 is 1.31 bits per heavy atom. The van der Waals surface area contributed by atoms with Gasteiger partial charge in [0.2, 0.25) is 0 Å². The summed E-state index contributed by atoms with van der Waals surface area (Å²) < 4.78 is 5.48. The molecule has 1 aromatic carbocycles. The van der Waals surface area contributed by atoms with Crippen LogP contribution in [0.15, 0.2) is 30.3 Å². The average Bonchev–Trinajstić information content (AvgIpc) is 2.99. The molecular weight excluding hydrogens is 180 g/mol. The van der Waals surface area contributed by atoms with E-state index >= 15 is 0 Å². The molecule has 0 unspecified atom stereocenters. The molecule has 1 fully saturated rings. The zero-order valence-corrected chi connectivity index (χ0v) is 8.22. The third kappa shape index (κ3) is 2.52. The molecule has 0 aliphatic heterocycles. The smallest absolute Gasteiger partial charge is 0.163 e. The molecule has 0 saturated heterocycles. The van der Waals surface area contributed by atoms with Gasteiger partial charge in [-0.2, -0.15) is 0 Å². The lowest BCUT2D eigenvalue weighted by Gasteiger charge is -2.05. The van der Waals surface area contributed by atoms with E-state index in [9.17, 15) is 0 Å². The maximum atomic E-state index is 5.48. The second-order valence-corrected chi connectivity index (χ2v) is 3.77. The standard InChI is InChI=1S/C11H12OS/c13-11(10-6-7-10)12-8-9-4-2-1-3-5-9/h1-5,10H,6-8H2. The molecule has 0 aromatic heterocycles. The fourth-order valence-electron chi connectivity index (χ4n) is 1.17. The molecule has 1 saturated carbocycles. The molecule has 2 heteroatoms. The van der Waals surface area contributed by atoms with Crippen molar-refractivity contribution in [3.8, 4) is 0 Å². The largest absolute Gasteiger partial charge is 0.482 e. The number of thiocarbonyl (C=S) groups is 1. The molecule has 0 bridgehead atoms. The molecule has 1 aromatic rings. The highest BCUT2D eigenvalue weighted by Crippen LogP contribution is 2.31.